The highest BCUT2D eigenvalue weighted by atomic mass is 35.5. The first-order valence-corrected chi connectivity index (χ1v) is 10.2. The Morgan fingerprint density at radius 2 is 1.76 bits per heavy atom. The van der Waals surface area contributed by atoms with Crippen molar-refractivity contribution in [1.82, 2.24) is 4.98 Å². The molecule has 0 aliphatic carbocycles. The molecule has 4 aromatic rings. The maximum atomic E-state index is 13.2. The van der Waals surface area contributed by atoms with Crippen LogP contribution in [0.4, 0.5) is 11.4 Å². The fourth-order valence-electron chi connectivity index (χ4n) is 3.42. The molecule has 33 heavy (non-hydrogen) atoms. The minimum Gasteiger partial charge on any atom is -0.493 e. The summed E-state index contributed by atoms with van der Waals surface area (Å²) in [5.41, 5.74) is 2.41. The zero-order chi connectivity index (χ0) is 23.5. The van der Waals surface area contributed by atoms with Gasteiger partial charge in [0.1, 0.15) is 0 Å². The normalized spacial score (nSPS) is 10.6. The summed E-state index contributed by atoms with van der Waals surface area (Å²) in [7, 11) is 3.10. The number of nitrogens with zero attached hydrogens (tertiary/aromatic N) is 2. The number of aromatic nitrogens is 1. The number of ether oxygens (including phenoxy) is 2. The van der Waals surface area contributed by atoms with Gasteiger partial charge in [0.05, 0.1) is 46.6 Å². The highest BCUT2D eigenvalue weighted by molar-refractivity contribution is 6.34. The molecule has 0 unspecified atom stereocenters. The number of benzene rings is 3. The summed E-state index contributed by atoms with van der Waals surface area (Å²) in [5, 5.41) is 14.4. The maximum absolute atomic E-state index is 13.2. The summed E-state index contributed by atoms with van der Waals surface area (Å²) in [6, 6.07) is 18.2. The highest BCUT2D eigenvalue weighted by Gasteiger charge is 2.17. The van der Waals surface area contributed by atoms with E-state index in [0.29, 0.717) is 33.7 Å². The van der Waals surface area contributed by atoms with Gasteiger partial charge in [-0.3, -0.25) is 14.9 Å². The Labute approximate surface area is 193 Å². The zero-order valence-corrected chi connectivity index (χ0v) is 18.4. The molecule has 0 saturated heterocycles. The first kappa shape index (κ1) is 22.0. The van der Waals surface area contributed by atoms with Crippen LogP contribution in [0, 0.1) is 10.1 Å². The van der Waals surface area contributed by atoms with E-state index in [9.17, 15) is 14.9 Å². The molecule has 0 atom stereocenters. The van der Waals surface area contributed by atoms with E-state index in [-0.39, 0.29) is 16.4 Å². The second-order valence-corrected chi connectivity index (χ2v) is 7.42. The number of amides is 1. The third-order valence-corrected chi connectivity index (χ3v) is 5.36. The number of pyridine rings is 1. The van der Waals surface area contributed by atoms with E-state index in [2.05, 4.69) is 5.32 Å². The number of hydrogen-bond acceptors (Lipinski definition) is 6. The molecular formula is C24H18ClN3O5. The Balaban J connectivity index is 1.78. The highest BCUT2D eigenvalue weighted by Crippen LogP contribution is 2.34. The molecule has 4 rings (SSSR count). The van der Waals surface area contributed by atoms with E-state index in [1.807, 2.05) is 24.3 Å². The summed E-state index contributed by atoms with van der Waals surface area (Å²) in [4.78, 5) is 28.3. The second kappa shape index (κ2) is 9.13. The summed E-state index contributed by atoms with van der Waals surface area (Å²) < 4.78 is 10.7. The Morgan fingerprint density at radius 3 is 2.45 bits per heavy atom. The van der Waals surface area contributed by atoms with E-state index in [4.69, 9.17) is 26.1 Å². The molecule has 0 bridgehead atoms. The third kappa shape index (κ3) is 4.42. The van der Waals surface area contributed by atoms with Gasteiger partial charge in [-0.2, -0.15) is 0 Å². The van der Waals surface area contributed by atoms with Crippen LogP contribution in [0.25, 0.3) is 22.2 Å². The summed E-state index contributed by atoms with van der Waals surface area (Å²) in [5.74, 6) is 0.688. The van der Waals surface area contributed by atoms with Gasteiger partial charge < -0.3 is 14.8 Å². The minimum absolute atomic E-state index is 0.0658. The van der Waals surface area contributed by atoms with Gasteiger partial charge in [-0.15, -0.1) is 0 Å². The Bertz CT molecular complexity index is 1390. The summed E-state index contributed by atoms with van der Waals surface area (Å²) in [6.07, 6.45) is 0. The lowest BCUT2D eigenvalue weighted by Gasteiger charge is -2.13. The molecule has 9 heteroatoms. The van der Waals surface area contributed by atoms with Gasteiger partial charge in [0.25, 0.3) is 11.6 Å². The van der Waals surface area contributed by atoms with E-state index >= 15 is 0 Å². The lowest BCUT2D eigenvalue weighted by molar-refractivity contribution is -0.384. The molecule has 0 fully saturated rings. The van der Waals surface area contributed by atoms with Crippen LogP contribution in [-0.2, 0) is 0 Å². The van der Waals surface area contributed by atoms with Crippen LogP contribution in [-0.4, -0.2) is 30.0 Å². The number of carbonyl (C=O) groups is 1. The van der Waals surface area contributed by atoms with Crippen LogP contribution < -0.4 is 14.8 Å². The van der Waals surface area contributed by atoms with Gasteiger partial charge in [0, 0.05) is 23.1 Å². The summed E-state index contributed by atoms with van der Waals surface area (Å²) >= 11 is 6.16. The molecule has 0 aliphatic heterocycles. The molecule has 3 aromatic carbocycles. The number of halogens is 1. The molecule has 0 saturated carbocycles. The largest absolute Gasteiger partial charge is 0.493 e. The SMILES string of the molecule is COc1ccc(-c2cc(C(=O)Nc3ccc([N+](=O)[O-])cc3Cl)c3ccccc3n2)cc1OC. The van der Waals surface area contributed by atoms with E-state index < -0.39 is 10.8 Å². The van der Waals surface area contributed by atoms with E-state index in [1.165, 1.54) is 18.2 Å². The number of methoxy groups -OCH3 is 2. The molecule has 1 N–H and O–H groups in total. The number of fused-ring (bicyclic) bond motifs is 1. The van der Waals surface area contributed by atoms with Crippen molar-refractivity contribution in [3.8, 4) is 22.8 Å². The topological polar surface area (TPSA) is 104 Å². The Morgan fingerprint density at radius 1 is 1.00 bits per heavy atom. The second-order valence-electron chi connectivity index (χ2n) is 7.02. The third-order valence-electron chi connectivity index (χ3n) is 5.05. The van der Waals surface area contributed by atoms with Gasteiger partial charge in [-0.1, -0.05) is 29.8 Å². The zero-order valence-electron chi connectivity index (χ0n) is 17.7. The Kier molecular flexibility index (Phi) is 6.10. The average Bonchev–Trinajstić information content (AvgIpc) is 2.83. The monoisotopic (exact) mass is 463 g/mol. The van der Waals surface area contributed by atoms with Crippen LogP contribution >= 0.6 is 11.6 Å². The number of rotatable bonds is 6. The predicted octanol–water partition coefficient (Wildman–Crippen LogP) is 5.73. The molecule has 1 amide bonds. The average molecular weight is 464 g/mol. The van der Waals surface area contributed by atoms with Crippen molar-refractivity contribution in [3.05, 3.63) is 87.4 Å². The van der Waals surface area contributed by atoms with Crippen LogP contribution in [0.15, 0.2) is 66.7 Å². The molecule has 0 radical (unpaired) electrons. The van der Waals surface area contributed by atoms with Crippen molar-refractivity contribution < 1.29 is 19.2 Å². The standard InChI is InChI=1S/C24H18ClN3O5/c1-32-22-10-7-14(11-23(22)33-2)21-13-17(16-5-3-4-6-19(16)26-21)24(29)27-20-9-8-15(28(30)31)12-18(20)25/h3-13H,1-2H3,(H,27,29). The van der Waals surface area contributed by atoms with Crippen LogP contribution in [0.5, 0.6) is 11.5 Å². The van der Waals surface area contributed by atoms with Gasteiger partial charge in [0.15, 0.2) is 11.5 Å². The Hall–Kier alpha value is -4.17. The minimum atomic E-state index is -0.552. The maximum Gasteiger partial charge on any atom is 0.271 e. The number of non-ortho nitro benzene ring substituents is 1. The van der Waals surface area contributed by atoms with Crippen molar-refractivity contribution in [2.24, 2.45) is 0 Å². The van der Waals surface area contributed by atoms with Crippen LogP contribution in [0.2, 0.25) is 5.02 Å². The van der Waals surface area contributed by atoms with Crippen LogP contribution in [0.1, 0.15) is 10.4 Å². The number of anilines is 1. The number of nitro groups is 1. The number of para-hydroxylation sites is 1. The molecule has 166 valence electrons. The molecule has 0 aliphatic rings. The molecule has 0 spiro atoms. The first-order valence-electron chi connectivity index (χ1n) is 9.78. The fraction of sp³-hybridized carbons (Fsp3) is 0.0833. The number of hydrogen-bond donors (Lipinski definition) is 1. The van der Waals surface area contributed by atoms with E-state index in [0.717, 1.165) is 5.56 Å². The molecule has 8 nitrogen and oxygen atoms in total. The molecule has 1 aromatic heterocycles. The first-order chi connectivity index (χ1) is 15.9. The van der Waals surface area contributed by atoms with Crippen molar-refractivity contribution in [1.29, 1.82) is 0 Å². The lowest BCUT2D eigenvalue weighted by Crippen LogP contribution is -2.13. The molecule has 1 heterocycles. The molecular weight excluding hydrogens is 446 g/mol. The van der Waals surface area contributed by atoms with Gasteiger partial charge in [0.2, 0.25) is 0 Å². The van der Waals surface area contributed by atoms with Gasteiger partial charge >= 0.3 is 0 Å². The van der Waals surface area contributed by atoms with Gasteiger partial charge in [-0.05, 0) is 36.4 Å². The number of nitro benzene ring substituents is 1. The van der Waals surface area contributed by atoms with Crippen LogP contribution in [0.3, 0.4) is 0 Å². The summed E-state index contributed by atoms with van der Waals surface area (Å²) in [6.45, 7) is 0. The van der Waals surface area contributed by atoms with Crippen molar-refractivity contribution in [2.75, 3.05) is 19.5 Å². The van der Waals surface area contributed by atoms with Crippen molar-refractivity contribution >= 4 is 39.8 Å². The fourth-order valence-corrected chi connectivity index (χ4v) is 3.64. The quantitative estimate of drug-likeness (QED) is 0.289. The predicted molar refractivity (Wildman–Crippen MR) is 126 cm³/mol. The van der Waals surface area contributed by atoms with Gasteiger partial charge in [-0.25, -0.2) is 4.98 Å². The number of nitrogens with one attached hydrogen (secondary N) is 1. The lowest BCUT2D eigenvalue weighted by atomic mass is 10.0. The smallest absolute Gasteiger partial charge is 0.271 e. The van der Waals surface area contributed by atoms with Crippen molar-refractivity contribution in [3.63, 3.8) is 0 Å². The van der Waals surface area contributed by atoms with E-state index in [1.54, 1.807) is 38.5 Å². The number of carbonyl (C=O) groups excluding carboxylic acids is 1. The van der Waals surface area contributed by atoms with Crippen molar-refractivity contribution in [2.45, 2.75) is 0 Å².